The van der Waals surface area contributed by atoms with E-state index < -0.39 is 53.2 Å². The second kappa shape index (κ2) is 12.3. The minimum Gasteiger partial charge on any atom is -0.242 e. The number of rotatable bonds is 7. The molecule has 2 nitrogen and oxygen atoms in total. The summed E-state index contributed by atoms with van der Waals surface area (Å²) in [6.07, 6.45) is -10.1. The molecule has 4 aromatic carbocycles. The zero-order chi connectivity index (χ0) is 30.9. The van der Waals surface area contributed by atoms with Crippen molar-refractivity contribution in [2.24, 2.45) is 0 Å². The summed E-state index contributed by atoms with van der Waals surface area (Å²) >= 11 is 0. The van der Waals surface area contributed by atoms with Gasteiger partial charge in [-0.15, -0.1) is 0 Å². The molecule has 222 valence electrons. The van der Waals surface area contributed by atoms with Crippen LogP contribution in [0.1, 0.15) is 49.1 Å². The molecule has 4 aromatic rings. The Balaban J connectivity index is 2.06. The molecule has 0 aliphatic rings. The van der Waals surface area contributed by atoms with Crippen LogP contribution in [-0.4, -0.2) is 20.3 Å². The Morgan fingerprint density at radius 2 is 1.10 bits per heavy atom. The average Bonchev–Trinajstić information content (AvgIpc) is 2.93. The van der Waals surface area contributed by atoms with E-state index in [-0.39, 0.29) is 11.6 Å². The predicted octanol–water partition coefficient (Wildman–Crippen LogP) is 7.97. The van der Waals surface area contributed by atoms with Gasteiger partial charge in [0.25, 0.3) is 0 Å². The summed E-state index contributed by atoms with van der Waals surface area (Å²) in [5, 5.41) is 2.63. The first-order valence-electron chi connectivity index (χ1n) is 13.0. The summed E-state index contributed by atoms with van der Waals surface area (Å²) in [6, 6.07) is 26.5. The molecule has 0 aromatic heterocycles. The summed E-state index contributed by atoms with van der Waals surface area (Å²) in [5.41, 5.74) is -2.61. The molecule has 42 heavy (non-hydrogen) atoms. The second-order valence-corrected chi connectivity index (χ2v) is 15.2. The molecule has 0 N–H and O–H groups in total. The van der Waals surface area contributed by atoms with Gasteiger partial charge in [-0.1, -0.05) is 84.9 Å². The van der Waals surface area contributed by atoms with Crippen LogP contribution in [0, 0.1) is 0 Å². The van der Waals surface area contributed by atoms with E-state index in [0.29, 0.717) is 5.56 Å². The molecule has 0 amide bonds. The molecule has 4 rings (SSSR count). The van der Waals surface area contributed by atoms with E-state index in [0.717, 1.165) is 28.0 Å². The topological polar surface area (TPSA) is 20.3 Å². The van der Waals surface area contributed by atoms with Crippen molar-refractivity contribution < 1.29 is 30.6 Å². The highest BCUT2D eigenvalue weighted by Gasteiger charge is 2.40. The first-order chi connectivity index (χ1) is 19.6. The Morgan fingerprint density at radius 1 is 0.667 bits per heavy atom. The second-order valence-electron chi connectivity index (χ2n) is 10.7. The number of benzene rings is 4. The van der Waals surface area contributed by atoms with E-state index >= 15 is 0 Å². The van der Waals surface area contributed by atoms with E-state index in [9.17, 15) is 30.6 Å². The molecule has 0 fully saturated rings. The molecule has 10 heteroatoms. The number of alkyl halides is 6. The molecule has 0 spiro atoms. The van der Waals surface area contributed by atoms with Crippen LogP contribution >= 0.6 is 7.92 Å². The third-order valence-electron chi connectivity index (χ3n) is 6.58. The van der Waals surface area contributed by atoms with Crippen molar-refractivity contribution in [3.63, 3.8) is 0 Å². The van der Waals surface area contributed by atoms with Crippen LogP contribution in [0.4, 0.5) is 26.3 Å². The SMILES string of the molecule is CN(C(c1cc(C(F)(F)F)cc(C(F)(F)F)c1)c1ccccc1P(c1ccccc1)c1ccccc1)S(=O)C(C)(C)C. The summed E-state index contributed by atoms with van der Waals surface area (Å²) < 4.78 is 98.0. The lowest BCUT2D eigenvalue weighted by molar-refractivity contribution is -0.143. The third kappa shape index (κ3) is 7.13. The molecule has 0 aliphatic heterocycles. The largest absolute Gasteiger partial charge is 0.416 e. The number of halogens is 6. The van der Waals surface area contributed by atoms with Crippen LogP contribution in [-0.2, 0) is 23.3 Å². The Morgan fingerprint density at radius 3 is 1.52 bits per heavy atom. The van der Waals surface area contributed by atoms with Gasteiger partial charge in [-0.25, -0.2) is 8.51 Å². The Bertz CT molecular complexity index is 1460. The van der Waals surface area contributed by atoms with Crippen molar-refractivity contribution in [3.8, 4) is 0 Å². The minimum atomic E-state index is -5.03. The van der Waals surface area contributed by atoms with E-state index in [1.165, 1.54) is 11.4 Å². The van der Waals surface area contributed by atoms with Crippen molar-refractivity contribution >= 4 is 34.8 Å². The summed E-state index contributed by atoms with van der Waals surface area (Å²) in [6.45, 7) is 5.12. The van der Waals surface area contributed by atoms with Crippen molar-refractivity contribution in [2.45, 2.75) is 43.9 Å². The third-order valence-corrected chi connectivity index (χ3v) is 10.9. The molecular weight excluding hydrogens is 591 g/mol. The minimum absolute atomic E-state index is 0.119. The van der Waals surface area contributed by atoms with Gasteiger partial charge in [0, 0.05) is 7.05 Å². The maximum absolute atomic E-state index is 14.0. The first-order valence-corrected chi connectivity index (χ1v) is 15.5. The van der Waals surface area contributed by atoms with Crippen molar-refractivity contribution in [2.75, 3.05) is 7.05 Å². The first kappa shape index (κ1) is 31.9. The molecular formula is C32H30F6NOPS. The molecule has 0 radical (unpaired) electrons. The van der Waals surface area contributed by atoms with Gasteiger partial charge in [-0.2, -0.15) is 26.3 Å². The Kier molecular flexibility index (Phi) is 9.36. The summed E-state index contributed by atoms with van der Waals surface area (Å²) in [7, 11) is -1.62. The van der Waals surface area contributed by atoms with E-state index in [1.54, 1.807) is 39.0 Å². The quantitative estimate of drug-likeness (QED) is 0.152. The van der Waals surface area contributed by atoms with Gasteiger partial charge in [-0.05, 0) is 73.9 Å². The normalized spacial score (nSPS) is 14.3. The highest BCUT2D eigenvalue weighted by atomic mass is 32.2. The monoisotopic (exact) mass is 621 g/mol. The predicted molar refractivity (Wildman–Crippen MR) is 159 cm³/mol. The molecule has 2 atom stereocenters. The highest BCUT2D eigenvalue weighted by Crippen LogP contribution is 2.43. The van der Waals surface area contributed by atoms with Gasteiger partial charge >= 0.3 is 12.4 Å². The van der Waals surface area contributed by atoms with Gasteiger partial charge in [-0.3, -0.25) is 0 Å². The smallest absolute Gasteiger partial charge is 0.242 e. The van der Waals surface area contributed by atoms with Crippen molar-refractivity contribution in [1.29, 1.82) is 0 Å². The van der Waals surface area contributed by atoms with Crippen molar-refractivity contribution in [1.82, 2.24) is 4.31 Å². The van der Waals surface area contributed by atoms with Crippen LogP contribution in [0.2, 0.25) is 0 Å². The lowest BCUT2D eigenvalue weighted by atomic mass is 9.94. The van der Waals surface area contributed by atoms with Gasteiger partial charge in [0.15, 0.2) is 0 Å². The van der Waals surface area contributed by atoms with Gasteiger partial charge < -0.3 is 0 Å². The standard InChI is InChI=1S/C32H30F6NOPS/c1-30(2,3)42(40)39(4)29(22-19-23(31(33,34)35)21-24(20-22)32(36,37)38)27-17-11-12-18-28(27)41(25-13-7-5-8-14-25)26-15-9-6-10-16-26/h5-21,29H,1-4H3. The number of hydrogen-bond donors (Lipinski definition) is 0. The van der Waals surface area contributed by atoms with E-state index in [2.05, 4.69) is 0 Å². The number of nitrogens with zero attached hydrogens (tertiary/aromatic N) is 1. The van der Waals surface area contributed by atoms with Crippen molar-refractivity contribution in [3.05, 3.63) is 125 Å². The van der Waals surface area contributed by atoms with E-state index in [4.69, 9.17) is 0 Å². The lowest BCUT2D eigenvalue weighted by Crippen LogP contribution is -2.39. The molecule has 0 saturated heterocycles. The van der Waals surface area contributed by atoms with Gasteiger partial charge in [0.05, 0.1) is 21.9 Å². The van der Waals surface area contributed by atoms with Crippen LogP contribution in [0.15, 0.2) is 103 Å². The average molecular weight is 622 g/mol. The molecule has 0 saturated carbocycles. The Labute approximate surface area is 245 Å². The summed E-state index contributed by atoms with van der Waals surface area (Å²) in [5.74, 6) is 0. The van der Waals surface area contributed by atoms with Crippen LogP contribution in [0.25, 0.3) is 0 Å². The van der Waals surface area contributed by atoms with Gasteiger partial charge in [0.2, 0.25) is 0 Å². The molecule has 2 unspecified atom stereocenters. The maximum Gasteiger partial charge on any atom is 0.416 e. The fourth-order valence-electron chi connectivity index (χ4n) is 4.75. The highest BCUT2D eigenvalue weighted by molar-refractivity contribution is 7.84. The zero-order valence-electron chi connectivity index (χ0n) is 23.4. The fourth-order valence-corrected chi connectivity index (χ4v) is 8.53. The Hall–Kier alpha value is -3.00. The van der Waals surface area contributed by atoms with Crippen LogP contribution in [0.3, 0.4) is 0 Å². The summed E-state index contributed by atoms with van der Waals surface area (Å²) in [4.78, 5) is 0. The molecule has 0 heterocycles. The molecule has 0 bridgehead atoms. The lowest BCUT2D eigenvalue weighted by Gasteiger charge is -2.35. The van der Waals surface area contributed by atoms with E-state index in [1.807, 2.05) is 66.7 Å². The number of hydrogen-bond acceptors (Lipinski definition) is 1. The maximum atomic E-state index is 14.0. The fraction of sp³-hybridized carbons (Fsp3) is 0.250. The van der Waals surface area contributed by atoms with Crippen LogP contribution in [0.5, 0.6) is 0 Å². The molecule has 0 aliphatic carbocycles. The van der Waals surface area contributed by atoms with Crippen LogP contribution < -0.4 is 15.9 Å². The zero-order valence-corrected chi connectivity index (χ0v) is 25.1. The van der Waals surface area contributed by atoms with Gasteiger partial charge in [0.1, 0.15) is 11.0 Å².